The molecule has 1 atom stereocenters. The summed E-state index contributed by atoms with van der Waals surface area (Å²) in [5.74, 6) is 0.929. The van der Waals surface area contributed by atoms with Crippen LogP contribution in [0.15, 0.2) is 48.5 Å². The van der Waals surface area contributed by atoms with Crippen LogP contribution in [0.5, 0.6) is 11.5 Å². The summed E-state index contributed by atoms with van der Waals surface area (Å²) in [6.45, 7) is 1.99. The van der Waals surface area contributed by atoms with Crippen molar-refractivity contribution in [2.75, 3.05) is 30.8 Å². The van der Waals surface area contributed by atoms with Gasteiger partial charge in [0, 0.05) is 5.02 Å². The molecular weight excluding hydrogens is 404 g/mol. The molecule has 28 heavy (non-hydrogen) atoms. The molecule has 152 valence electrons. The second-order valence-electron chi connectivity index (χ2n) is 6.03. The molecule has 0 saturated carbocycles. The van der Waals surface area contributed by atoms with Crippen LogP contribution in [0.2, 0.25) is 5.02 Å². The van der Waals surface area contributed by atoms with Gasteiger partial charge < -0.3 is 14.8 Å². The van der Waals surface area contributed by atoms with E-state index < -0.39 is 22.0 Å². The second kappa shape index (κ2) is 9.66. The van der Waals surface area contributed by atoms with Gasteiger partial charge in [0.05, 0.1) is 25.6 Å². The van der Waals surface area contributed by atoms with E-state index in [-0.39, 0.29) is 13.2 Å². The summed E-state index contributed by atoms with van der Waals surface area (Å²) in [4.78, 5) is 12.5. The third-order valence-electron chi connectivity index (χ3n) is 3.90. The van der Waals surface area contributed by atoms with Crippen molar-refractivity contribution in [3.05, 3.63) is 53.6 Å². The highest BCUT2D eigenvalue weighted by Gasteiger charge is 2.28. The van der Waals surface area contributed by atoms with Crippen molar-refractivity contribution in [3.63, 3.8) is 0 Å². The first-order chi connectivity index (χ1) is 13.2. The number of hydrogen-bond acceptors (Lipinski definition) is 5. The number of sulfonamides is 1. The number of carbonyl (C=O) groups excluding carboxylic acids is 1. The zero-order valence-corrected chi connectivity index (χ0v) is 17.5. The molecule has 1 N–H and O–H groups in total. The molecule has 0 aromatic heterocycles. The number of methoxy groups -OCH3 is 1. The summed E-state index contributed by atoms with van der Waals surface area (Å²) in [6.07, 6.45) is 1.05. The van der Waals surface area contributed by atoms with E-state index in [2.05, 4.69) is 5.32 Å². The topological polar surface area (TPSA) is 84.9 Å². The van der Waals surface area contributed by atoms with Crippen LogP contribution in [0, 0.1) is 0 Å². The Balaban J connectivity index is 1.94. The second-order valence-corrected chi connectivity index (χ2v) is 8.32. The standard InChI is InChI=1S/C19H23ClN2O5S/c1-14(22(28(3,24)25)16-6-4-15(20)5-7-16)19(23)21-12-13-27-18-10-8-17(26-2)9-11-18/h4-11,14H,12-13H2,1-3H3,(H,21,23). The fourth-order valence-corrected chi connectivity index (χ4v) is 3.86. The molecule has 0 bridgehead atoms. The van der Waals surface area contributed by atoms with Crippen molar-refractivity contribution >= 4 is 33.2 Å². The van der Waals surface area contributed by atoms with Crippen molar-refractivity contribution in [2.45, 2.75) is 13.0 Å². The normalized spacial score (nSPS) is 12.1. The molecule has 0 fully saturated rings. The molecule has 0 heterocycles. The Morgan fingerprint density at radius 3 is 2.21 bits per heavy atom. The Morgan fingerprint density at radius 1 is 1.11 bits per heavy atom. The van der Waals surface area contributed by atoms with Gasteiger partial charge in [0.2, 0.25) is 15.9 Å². The van der Waals surface area contributed by atoms with E-state index in [0.717, 1.165) is 16.3 Å². The van der Waals surface area contributed by atoms with Crippen molar-refractivity contribution < 1.29 is 22.7 Å². The lowest BCUT2D eigenvalue weighted by Gasteiger charge is -2.28. The minimum atomic E-state index is -3.67. The molecule has 2 rings (SSSR count). The Morgan fingerprint density at radius 2 is 1.68 bits per heavy atom. The minimum Gasteiger partial charge on any atom is -0.497 e. The highest BCUT2D eigenvalue weighted by molar-refractivity contribution is 7.92. The molecule has 0 radical (unpaired) electrons. The predicted molar refractivity (Wildman–Crippen MR) is 110 cm³/mol. The molecule has 0 aliphatic rings. The minimum absolute atomic E-state index is 0.230. The predicted octanol–water partition coefficient (Wildman–Crippen LogP) is 2.70. The van der Waals surface area contributed by atoms with Gasteiger partial charge in [0.25, 0.3) is 0 Å². The van der Waals surface area contributed by atoms with Crippen LogP contribution in [0.4, 0.5) is 5.69 Å². The van der Waals surface area contributed by atoms with Crippen molar-refractivity contribution in [1.29, 1.82) is 0 Å². The van der Waals surface area contributed by atoms with Crippen LogP contribution in [0.25, 0.3) is 0 Å². The number of ether oxygens (including phenoxy) is 2. The fourth-order valence-electron chi connectivity index (χ4n) is 2.56. The summed E-state index contributed by atoms with van der Waals surface area (Å²) in [6, 6.07) is 12.4. The van der Waals surface area contributed by atoms with Crippen molar-refractivity contribution in [3.8, 4) is 11.5 Å². The Labute approximate surface area is 170 Å². The molecular formula is C19H23ClN2O5S. The SMILES string of the molecule is COc1ccc(OCCNC(=O)C(C)N(c2ccc(Cl)cc2)S(C)(=O)=O)cc1. The number of nitrogens with zero attached hydrogens (tertiary/aromatic N) is 1. The highest BCUT2D eigenvalue weighted by atomic mass is 35.5. The number of rotatable bonds is 9. The molecule has 2 aromatic rings. The van der Waals surface area contributed by atoms with E-state index in [9.17, 15) is 13.2 Å². The molecule has 0 spiro atoms. The van der Waals surface area contributed by atoms with Crippen LogP contribution < -0.4 is 19.1 Å². The fraction of sp³-hybridized carbons (Fsp3) is 0.316. The molecule has 2 aromatic carbocycles. The average Bonchev–Trinajstić information content (AvgIpc) is 2.66. The largest absolute Gasteiger partial charge is 0.497 e. The number of anilines is 1. The van der Waals surface area contributed by atoms with Crippen LogP contribution in [-0.4, -0.2) is 46.9 Å². The van der Waals surface area contributed by atoms with Gasteiger partial charge in [-0.05, 0) is 55.5 Å². The Bertz CT molecular complexity index is 886. The number of amides is 1. The maximum atomic E-state index is 12.5. The lowest BCUT2D eigenvalue weighted by molar-refractivity contribution is -0.121. The molecule has 1 amide bonds. The quantitative estimate of drug-likeness (QED) is 0.623. The van der Waals surface area contributed by atoms with Crippen molar-refractivity contribution in [2.24, 2.45) is 0 Å². The van der Waals surface area contributed by atoms with E-state index in [4.69, 9.17) is 21.1 Å². The number of benzene rings is 2. The smallest absolute Gasteiger partial charge is 0.243 e. The zero-order valence-electron chi connectivity index (χ0n) is 15.9. The summed E-state index contributed by atoms with van der Waals surface area (Å²) in [5.41, 5.74) is 0.365. The molecule has 0 saturated heterocycles. The maximum Gasteiger partial charge on any atom is 0.243 e. The monoisotopic (exact) mass is 426 g/mol. The van der Waals surface area contributed by atoms with E-state index in [1.165, 1.54) is 6.92 Å². The van der Waals surface area contributed by atoms with Gasteiger partial charge in [-0.2, -0.15) is 0 Å². The van der Waals surface area contributed by atoms with Gasteiger partial charge in [-0.15, -0.1) is 0 Å². The summed E-state index contributed by atoms with van der Waals surface area (Å²) in [7, 11) is -2.09. The third-order valence-corrected chi connectivity index (χ3v) is 5.39. The van der Waals surface area contributed by atoms with Crippen molar-refractivity contribution in [1.82, 2.24) is 5.32 Å². The maximum absolute atomic E-state index is 12.5. The molecule has 0 aliphatic carbocycles. The van der Waals surface area contributed by atoms with Crippen LogP contribution in [0.3, 0.4) is 0 Å². The summed E-state index contributed by atoms with van der Waals surface area (Å²) >= 11 is 5.86. The molecule has 0 aliphatic heterocycles. The Hall–Kier alpha value is -2.45. The number of hydrogen-bond donors (Lipinski definition) is 1. The summed E-state index contributed by atoms with van der Waals surface area (Å²) < 4.78 is 36.1. The van der Waals surface area contributed by atoms with Gasteiger partial charge in [0.15, 0.2) is 0 Å². The van der Waals surface area contributed by atoms with Gasteiger partial charge in [-0.3, -0.25) is 9.10 Å². The first-order valence-corrected chi connectivity index (χ1v) is 10.7. The van der Waals surface area contributed by atoms with Gasteiger partial charge >= 0.3 is 0 Å². The molecule has 7 nitrogen and oxygen atoms in total. The number of nitrogens with one attached hydrogen (secondary N) is 1. The van der Waals surface area contributed by atoms with E-state index in [0.29, 0.717) is 16.5 Å². The molecule has 1 unspecified atom stereocenters. The molecule has 9 heteroatoms. The van der Waals surface area contributed by atoms with E-state index in [1.807, 2.05) is 0 Å². The Kier molecular flexibility index (Phi) is 7.53. The lowest BCUT2D eigenvalue weighted by atomic mass is 10.2. The third kappa shape index (κ3) is 6.03. The first kappa shape index (κ1) is 21.8. The van der Waals surface area contributed by atoms with Gasteiger partial charge in [-0.1, -0.05) is 11.6 Å². The zero-order chi connectivity index (χ0) is 20.7. The van der Waals surface area contributed by atoms with E-state index >= 15 is 0 Å². The number of halogens is 1. The van der Waals surface area contributed by atoms with Gasteiger partial charge in [-0.25, -0.2) is 8.42 Å². The van der Waals surface area contributed by atoms with Crippen LogP contribution in [-0.2, 0) is 14.8 Å². The first-order valence-electron chi connectivity index (χ1n) is 8.52. The van der Waals surface area contributed by atoms with Crippen LogP contribution >= 0.6 is 11.6 Å². The average molecular weight is 427 g/mol. The van der Waals surface area contributed by atoms with E-state index in [1.54, 1.807) is 55.6 Å². The highest BCUT2D eigenvalue weighted by Crippen LogP contribution is 2.23. The van der Waals surface area contributed by atoms with Gasteiger partial charge in [0.1, 0.15) is 24.1 Å². The number of carbonyl (C=O) groups is 1. The summed E-state index contributed by atoms with van der Waals surface area (Å²) in [5, 5.41) is 3.16. The lowest BCUT2D eigenvalue weighted by Crippen LogP contribution is -2.48. The van der Waals surface area contributed by atoms with Crippen LogP contribution in [0.1, 0.15) is 6.92 Å².